The summed E-state index contributed by atoms with van der Waals surface area (Å²) < 4.78 is 10.2. The smallest absolute Gasteiger partial charge is 0.230 e. The van der Waals surface area contributed by atoms with Gasteiger partial charge in [0.15, 0.2) is 0 Å². The number of para-hydroxylation sites is 1. The fourth-order valence-electron chi connectivity index (χ4n) is 1.57. The predicted octanol–water partition coefficient (Wildman–Crippen LogP) is 2.24. The first kappa shape index (κ1) is 9.58. The van der Waals surface area contributed by atoms with Crippen LogP contribution in [0.25, 0.3) is 11.1 Å². The van der Waals surface area contributed by atoms with Gasteiger partial charge >= 0.3 is 0 Å². The van der Waals surface area contributed by atoms with Crippen LogP contribution in [0.1, 0.15) is 5.69 Å². The van der Waals surface area contributed by atoms with Crippen LogP contribution in [0.15, 0.2) is 28.8 Å². The Morgan fingerprint density at radius 1 is 1.33 bits per heavy atom. The number of rotatable bonds is 2. The van der Waals surface area contributed by atoms with Gasteiger partial charge in [-0.15, -0.1) is 0 Å². The van der Waals surface area contributed by atoms with Crippen molar-refractivity contribution in [3.8, 4) is 16.9 Å². The lowest BCUT2D eigenvalue weighted by molar-refractivity contribution is 0.416. The van der Waals surface area contributed by atoms with Crippen molar-refractivity contribution in [1.82, 2.24) is 5.16 Å². The second-order valence-electron chi connectivity index (χ2n) is 3.21. The first-order valence-corrected chi connectivity index (χ1v) is 4.59. The number of nitrogens with two attached hydrogens (primary N) is 1. The summed E-state index contributed by atoms with van der Waals surface area (Å²) in [6, 6.07) is 7.63. The number of nitrogen functional groups attached to an aromatic ring is 1. The Morgan fingerprint density at radius 3 is 2.67 bits per heavy atom. The minimum atomic E-state index is 0.317. The van der Waals surface area contributed by atoms with Gasteiger partial charge in [-0.05, 0) is 13.0 Å². The van der Waals surface area contributed by atoms with Gasteiger partial charge in [0.1, 0.15) is 5.75 Å². The zero-order chi connectivity index (χ0) is 10.8. The lowest BCUT2D eigenvalue weighted by Gasteiger charge is -2.06. The molecule has 2 rings (SSSR count). The van der Waals surface area contributed by atoms with Gasteiger partial charge in [0, 0.05) is 5.56 Å². The van der Waals surface area contributed by atoms with Crippen LogP contribution < -0.4 is 10.5 Å². The molecule has 0 aliphatic rings. The zero-order valence-corrected chi connectivity index (χ0v) is 8.65. The summed E-state index contributed by atoms with van der Waals surface area (Å²) in [6.07, 6.45) is 0. The quantitative estimate of drug-likeness (QED) is 0.814. The number of aryl methyl sites for hydroxylation is 1. The molecule has 1 aromatic heterocycles. The number of benzene rings is 1. The van der Waals surface area contributed by atoms with Crippen molar-refractivity contribution >= 4 is 5.88 Å². The van der Waals surface area contributed by atoms with Crippen LogP contribution in [0.5, 0.6) is 5.75 Å². The standard InChI is InChI=1S/C11H12N2O2/c1-7-10(11(12)15-13-7)8-5-3-4-6-9(8)14-2/h3-6H,12H2,1-2H3. The van der Waals surface area contributed by atoms with Crippen LogP contribution in [-0.2, 0) is 0 Å². The molecule has 0 amide bonds. The molecule has 0 radical (unpaired) electrons. The average Bonchev–Trinajstić information content (AvgIpc) is 2.59. The Balaban J connectivity index is 2.63. The molecule has 78 valence electrons. The van der Waals surface area contributed by atoms with Crippen LogP contribution in [0, 0.1) is 6.92 Å². The Morgan fingerprint density at radius 2 is 2.07 bits per heavy atom. The Bertz CT molecular complexity index is 458. The molecule has 0 spiro atoms. The van der Waals surface area contributed by atoms with Crippen molar-refractivity contribution < 1.29 is 9.26 Å². The highest BCUT2D eigenvalue weighted by atomic mass is 16.5. The second kappa shape index (κ2) is 3.65. The van der Waals surface area contributed by atoms with Crippen LogP contribution >= 0.6 is 0 Å². The molecule has 2 aromatic rings. The van der Waals surface area contributed by atoms with Crippen molar-refractivity contribution in [2.24, 2.45) is 0 Å². The van der Waals surface area contributed by atoms with Crippen molar-refractivity contribution in [3.63, 3.8) is 0 Å². The number of methoxy groups -OCH3 is 1. The molecule has 15 heavy (non-hydrogen) atoms. The zero-order valence-electron chi connectivity index (χ0n) is 8.65. The fourth-order valence-corrected chi connectivity index (χ4v) is 1.57. The normalized spacial score (nSPS) is 10.3. The molecule has 0 saturated heterocycles. The van der Waals surface area contributed by atoms with Crippen LogP contribution in [0.4, 0.5) is 5.88 Å². The summed E-state index contributed by atoms with van der Waals surface area (Å²) in [5.74, 6) is 1.08. The molecule has 0 aliphatic carbocycles. The lowest BCUT2D eigenvalue weighted by Crippen LogP contribution is -1.91. The third kappa shape index (κ3) is 1.54. The third-order valence-electron chi connectivity index (χ3n) is 2.27. The number of nitrogens with zero attached hydrogens (tertiary/aromatic N) is 1. The summed E-state index contributed by atoms with van der Waals surface area (Å²) in [5, 5.41) is 3.81. The van der Waals surface area contributed by atoms with Crippen LogP contribution in [0.3, 0.4) is 0 Å². The van der Waals surface area contributed by atoms with Crippen molar-refractivity contribution in [1.29, 1.82) is 0 Å². The number of anilines is 1. The van der Waals surface area contributed by atoms with E-state index in [2.05, 4.69) is 5.16 Å². The molecule has 4 nitrogen and oxygen atoms in total. The minimum Gasteiger partial charge on any atom is -0.496 e. The SMILES string of the molecule is COc1ccccc1-c1c(C)noc1N. The molecule has 0 fully saturated rings. The molecule has 1 aromatic carbocycles. The third-order valence-corrected chi connectivity index (χ3v) is 2.27. The molecule has 0 saturated carbocycles. The summed E-state index contributed by atoms with van der Waals surface area (Å²) >= 11 is 0. The van der Waals surface area contributed by atoms with E-state index in [1.807, 2.05) is 31.2 Å². The second-order valence-corrected chi connectivity index (χ2v) is 3.21. The van der Waals surface area contributed by atoms with Crippen molar-refractivity contribution in [2.45, 2.75) is 6.92 Å². The molecule has 0 atom stereocenters. The van der Waals surface area contributed by atoms with Gasteiger partial charge in [-0.3, -0.25) is 0 Å². The van der Waals surface area contributed by atoms with E-state index in [0.717, 1.165) is 22.6 Å². The van der Waals surface area contributed by atoms with E-state index in [9.17, 15) is 0 Å². The first-order valence-electron chi connectivity index (χ1n) is 4.59. The molecule has 1 heterocycles. The van der Waals surface area contributed by atoms with Gasteiger partial charge in [-0.1, -0.05) is 23.4 Å². The van der Waals surface area contributed by atoms with Gasteiger partial charge in [-0.25, -0.2) is 0 Å². The van der Waals surface area contributed by atoms with E-state index in [1.165, 1.54) is 0 Å². The Kier molecular flexibility index (Phi) is 2.33. The number of hydrogen-bond acceptors (Lipinski definition) is 4. The van der Waals surface area contributed by atoms with Crippen molar-refractivity contribution in [2.75, 3.05) is 12.8 Å². The summed E-state index contributed by atoms with van der Waals surface area (Å²) in [4.78, 5) is 0. The maximum absolute atomic E-state index is 5.71. The van der Waals surface area contributed by atoms with Gasteiger partial charge in [0.25, 0.3) is 0 Å². The van der Waals surface area contributed by atoms with Crippen LogP contribution in [0.2, 0.25) is 0 Å². The highest BCUT2D eigenvalue weighted by Gasteiger charge is 2.15. The summed E-state index contributed by atoms with van der Waals surface area (Å²) in [6.45, 7) is 1.85. The maximum atomic E-state index is 5.71. The monoisotopic (exact) mass is 204 g/mol. The largest absolute Gasteiger partial charge is 0.496 e. The molecule has 2 N–H and O–H groups in total. The highest BCUT2D eigenvalue weighted by molar-refractivity contribution is 5.79. The summed E-state index contributed by atoms with van der Waals surface area (Å²) in [7, 11) is 1.62. The number of ether oxygens (including phenoxy) is 1. The van der Waals surface area contributed by atoms with E-state index in [0.29, 0.717) is 5.88 Å². The molecule has 0 aliphatic heterocycles. The van der Waals surface area contributed by atoms with Gasteiger partial charge in [0.05, 0.1) is 18.4 Å². The van der Waals surface area contributed by atoms with Gasteiger partial charge in [-0.2, -0.15) is 0 Å². The first-order chi connectivity index (χ1) is 7.24. The molecule has 0 bridgehead atoms. The van der Waals surface area contributed by atoms with Gasteiger partial charge < -0.3 is 15.0 Å². The Labute approximate surface area is 87.6 Å². The molecule has 4 heteroatoms. The number of aromatic nitrogens is 1. The van der Waals surface area contributed by atoms with E-state index >= 15 is 0 Å². The topological polar surface area (TPSA) is 61.3 Å². The molecular formula is C11H12N2O2. The maximum Gasteiger partial charge on any atom is 0.230 e. The van der Waals surface area contributed by atoms with E-state index < -0.39 is 0 Å². The lowest BCUT2D eigenvalue weighted by atomic mass is 10.1. The van der Waals surface area contributed by atoms with Crippen molar-refractivity contribution in [3.05, 3.63) is 30.0 Å². The minimum absolute atomic E-state index is 0.317. The number of hydrogen-bond donors (Lipinski definition) is 1. The Hall–Kier alpha value is -1.97. The van der Waals surface area contributed by atoms with E-state index in [4.69, 9.17) is 15.0 Å². The van der Waals surface area contributed by atoms with Gasteiger partial charge in [0.2, 0.25) is 5.88 Å². The van der Waals surface area contributed by atoms with E-state index in [-0.39, 0.29) is 0 Å². The molecule has 0 unspecified atom stereocenters. The van der Waals surface area contributed by atoms with Crippen LogP contribution in [-0.4, -0.2) is 12.3 Å². The average molecular weight is 204 g/mol. The van der Waals surface area contributed by atoms with E-state index in [1.54, 1.807) is 7.11 Å². The fraction of sp³-hybridized carbons (Fsp3) is 0.182. The molecular weight excluding hydrogens is 192 g/mol. The summed E-state index contributed by atoms with van der Waals surface area (Å²) in [5.41, 5.74) is 8.17. The predicted molar refractivity (Wildman–Crippen MR) is 57.6 cm³/mol. The highest BCUT2D eigenvalue weighted by Crippen LogP contribution is 2.35.